The van der Waals surface area contributed by atoms with Crippen LogP contribution in [0, 0.1) is 5.92 Å². The van der Waals surface area contributed by atoms with Crippen molar-refractivity contribution in [1.82, 2.24) is 24.6 Å². The van der Waals surface area contributed by atoms with E-state index in [1.807, 2.05) is 12.1 Å². The highest BCUT2D eigenvalue weighted by molar-refractivity contribution is 5.80. The number of rotatable bonds is 6. The van der Waals surface area contributed by atoms with Gasteiger partial charge in [-0.15, -0.1) is 5.10 Å². The van der Waals surface area contributed by atoms with Crippen molar-refractivity contribution in [2.75, 3.05) is 6.54 Å². The van der Waals surface area contributed by atoms with Crippen LogP contribution in [0.15, 0.2) is 29.3 Å². The number of carbonyl (C=O) groups is 1. The molecular weight excluding hydrogens is 294 g/mol. The van der Waals surface area contributed by atoms with Gasteiger partial charge < -0.3 is 5.32 Å². The monoisotopic (exact) mass is 313 g/mol. The molecule has 23 heavy (non-hydrogen) atoms. The molecule has 0 saturated heterocycles. The van der Waals surface area contributed by atoms with Gasteiger partial charge in [0.15, 0.2) is 5.82 Å². The largest absolute Gasteiger partial charge is 0.354 e. The van der Waals surface area contributed by atoms with Crippen molar-refractivity contribution in [3.05, 3.63) is 35.0 Å². The highest BCUT2D eigenvalue weighted by Crippen LogP contribution is 2.36. The molecular formula is C16H19N5O2. The van der Waals surface area contributed by atoms with Gasteiger partial charge in [0.2, 0.25) is 5.91 Å². The van der Waals surface area contributed by atoms with Crippen molar-refractivity contribution in [1.29, 1.82) is 0 Å². The minimum atomic E-state index is -0.105. The molecule has 1 amide bonds. The molecule has 2 aliphatic carbocycles. The van der Waals surface area contributed by atoms with E-state index in [1.54, 1.807) is 17.0 Å². The molecule has 0 aliphatic heterocycles. The zero-order chi connectivity index (χ0) is 15.8. The quantitative estimate of drug-likeness (QED) is 0.861. The highest BCUT2D eigenvalue weighted by Gasteiger charge is 2.31. The third-order valence-corrected chi connectivity index (χ3v) is 4.27. The number of aromatic nitrogens is 4. The number of pyridine rings is 1. The van der Waals surface area contributed by atoms with E-state index in [-0.39, 0.29) is 23.6 Å². The molecule has 0 unspecified atom stereocenters. The summed E-state index contributed by atoms with van der Waals surface area (Å²) in [5.74, 6) is 0.938. The summed E-state index contributed by atoms with van der Waals surface area (Å²) < 4.78 is 3.22. The number of nitrogens with one attached hydrogen (secondary N) is 1. The number of hydrogen-bond donors (Lipinski definition) is 1. The lowest BCUT2D eigenvalue weighted by Crippen LogP contribution is -2.32. The van der Waals surface area contributed by atoms with E-state index >= 15 is 0 Å². The van der Waals surface area contributed by atoms with Crippen LogP contribution >= 0.6 is 0 Å². The topological polar surface area (TPSA) is 81.8 Å². The zero-order valence-electron chi connectivity index (χ0n) is 12.8. The van der Waals surface area contributed by atoms with Crippen molar-refractivity contribution in [3.8, 4) is 11.4 Å². The first-order valence-electron chi connectivity index (χ1n) is 8.11. The molecule has 7 nitrogen and oxygen atoms in total. The molecule has 7 heteroatoms. The molecule has 2 aromatic rings. The Kier molecular flexibility index (Phi) is 3.48. The lowest BCUT2D eigenvalue weighted by atomic mass is 10.3. The average molecular weight is 313 g/mol. The fraction of sp³-hybridized carbons (Fsp3) is 0.500. The normalized spacial score (nSPS) is 17.2. The Labute approximate surface area is 133 Å². The van der Waals surface area contributed by atoms with Crippen molar-refractivity contribution in [3.63, 3.8) is 0 Å². The maximum Gasteiger partial charge on any atom is 0.346 e. The van der Waals surface area contributed by atoms with Gasteiger partial charge in [0.05, 0.1) is 6.54 Å². The molecule has 2 saturated carbocycles. The van der Waals surface area contributed by atoms with Gasteiger partial charge in [-0.3, -0.25) is 14.3 Å². The molecule has 2 aliphatic rings. The van der Waals surface area contributed by atoms with Gasteiger partial charge in [0.1, 0.15) is 0 Å². The summed E-state index contributed by atoms with van der Waals surface area (Å²) in [6, 6.07) is 3.99. The number of carbonyl (C=O) groups excluding carboxylic acids is 1. The minimum Gasteiger partial charge on any atom is -0.354 e. The Balaban J connectivity index is 1.55. The van der Waals surface area contributed by atoms with E-state index in [1.165, 1.54) is 4.68 Å². The van der Waals surface area contributed by atoms with Gasteiger partial charge in [-0.05, 0) is 37.8 Å². The summed E-state index contributed by atoms with van der Waals surface area (Å²) in [4.78, 5) is 28.4. The molecule has 0 aromatic carbocycles. The second-order valence-corrected chi connectivity index (χ2v) is 6.24. The van der Waals surface area contributed by atoms with Gasteiger partial charge in [-0.1, -0.05) is 0 Å². The van der Waals surface area contributed by atoms with Gasteiger partial charge in [-0.25, -0.2) is 9.48 Å². The van der Waals surface area contributed by atoms with E-state index in [9.17, 15) is 9.59 Å². The maximum absolute atomic E-state index is 12.6. The van der Waals surface area contributed by atoms with Crippen LogP contribution in [-0.2, 0) is 11.3 Å². The predicted octanol–water partition coefficient (Wildman–Crippen LogP) is 0.968. The van der Waals surface area contributed by atoms with Crippen LogP contribution in [0.4, 0.5) is 0 Å². The first kappa shape index (κ1) is 14.2. The smallest absolute Gasteiger partial charge is 0.346 e. The van der Waals surface area contributed by atoms with Crippen LogP contribution in [-0.4, -0.2) is 31.8 Å². The first-order valence-corrected chi connectivity index (χ1v) is 8.11. The molecule has 4 rings (SSSR count). The highest BCUT2D eigenvalue weighted by atomic mass is 16.2. The summed E-state index contributed by atoms with van der Waals surface area (Å²) in [6.45, 7) is 0.827. The molecule has 2 heterocycles. The number of nitrogens with zero attached hydrogens (tertiary/aromatic N) is 4. The first-order chi connectivity index (χ1) is 11.2. The summed E-state index contributed by atoms with van der Waals surface area (Å²) in [5, 5.41) is 7.35. The van der Waals surface area contributed by atoms with Crippen molar-refractivity contribution >= 4 is 5.91 Å². The van der Waals surface area contributed by atoms with E-state index in [2.05, 4.69) is 15.4 Å². The Morgan fingerprint density at radius 2 is 2.13 bits per heavy atom. The van der Waals surface area contributed by atoms with Crippen LogP contribution in [0.1, 0.15) is 31.7 Å². The van der Waals surface area contributed by atoms with Crippen molar-refractivity contribution in [2.45, 2.75) is 38.3 Å². The van der Waals surface area contributed by atoms with E-state index < -0.39 is 0 Å². The molecule has 0 atom stereocenters. The van der Waals surface area contributed by atoms with E-state index in [0.29, 0.717) is 18.9 Å². The van der Waals surface area contributed by atoms with Gasteiger partial charge in [0.25, 0.3) is 0 Å². The third kappa shape index (κ3) is 2.91. The van der Waals surface area contributed by atoms with Crippen molar-refractivity contribution < 1.29 is 4.79 Å². The second kappa shape index (κ2) is 5.64. The Morgan fingerprint density at radius 1 is 1.30 bits per heavy atom. The lowest BCUT2D eigenvalue weighted by molar-refractivity contribution is -0.122. The Hall–Kier alpha value is -2.44. The Bertz CT molecular complexity index is 772. The fourth-order valence-corrected chi connectivity index (χ4v) is 2.69. The van der Waals surface area contributed by atoms with Crippen molar-refractivity contribution in [2.24, 2.45) is 5.92 Å². The van der Waals surface area contributed by atoms with E-state index in [0.717, 1.165) is 31.2 Å². The molecule has 0 spiro atoms. The standard InChI is InChI=1S/C16H19N5O2/c22-15(11-3-4-11)18-8-9-20-16(23)21(13-5-6-13)14(19-20)12-2-1-7-17-10-12/h1-2,7,10-11,13H,3-6,8-9H2,(H,18,22). The van der Waals surface area contributed by atoms with Crippen LogP contribution in [0.5, 0.6) is 0 Å². The second-order valence-electron chi connectivity index (χ2n) is 6.24. The lowest BCUT2D eigenvalue weighted by Gasteiger charge is -2.03. The zero-order valence-corrected chi connectivity index (χ0v) is 12.8. The van der Waals surface area contributed by atoms with Crippen LogP contribution in [0.25, 0.3) is 11.4 Å². The summed E-state index contributed by atoms with van der Waals surface area (Å²) in [7, 11) is 0. The molecule has 0 radical (unpaired) electrons. The minimum absolute atomic E-state index is 0.0900. The SMILES string of the molecule is O=C(NCCn1nc(-c2cccnc2)n(C2CC2)c1=O)C1CC1. The summed E-state index contributed by atoms with van der Waals surface area (Å²) in [6.07, 6.45) is 7.41. The van der Waals surface area contributed by atoms with Gasteiger partial charge in [-0.2, -0.15) is 0 Å². The van der Waals surface area contributed by atoms with Crippen LogP contribution in [0.3, 0.4) is 0 Å². The fourth-order valence-electron chi connectivity index (χ4n) is 2.69. The molecule has 120 valence electrons. The molecule has 2 fully saturated rings. The molecule has 1 N–H and O–H groups in total. The summed E-state index contributed by atoms with van der Waals surface area (Å²) >= 11 is 0. The third-order valence-electron chi connectivity index (χ3n) is 4.27. The number of amides is 1. The Morgan fingerprint density at radius 3 is 2.78 bits per heavy atom. The maximum atomic E-state index is 12.6. The van der Waals surface area contributed by atoms with E-state index in [4.69, 9.17) is 0 Å². The number of hydrogen-bond acceptors (Lipinski definition) is 4. The van der Waals surface area contributed by atoms with Crippen LogP contribution in [0.2, 0.25) is 0 Å². The average Bonchev–Trinajstić information content (AvgIpc) is 3.47. The molecule has 0 bridgehead atoms. The van der Waals surface area contributed by atoms with Gasteiger partial charge >= 0.3 is 5.69 Å². The summed E-state index contributed by atoms with van der Waals surface area (Å²) in [5.41, 5.74) is 0.740. The predicted molar refractivity (Wildman–Crippen MR) is 83.7 cm³/mol. The van der Waals surface area contributed by atoms with Gasteiger partial charge in [0, 0.05) is 36.5 Å². The molecule has 2 aromatic heterocycles. The van der Waals surface area contributed by atoms with Crippen LogP contribution < -0.4 is 11.0 Å².